The summed E-state index contributed by atoms with van der Waals surface area (Å²) in [5.41, 5.74) is 0.529. The highest BCUT2D eigenvalue weighted by Gasteiger charge is 2.32. The first-order valence-electron chi connectivity index (χ1n) is 4.72. The Hall–Kier alpha value is -1.23. The van der Waals surface area contributed by atoms with Crippen LogP contribution in [0.15, 0.2) is 18.2 Å². The Morgan fingerprint density at radius 1 is 1.41 bits per heavy atom. The standard InChI is InChI=1S/C11H10ClF3O2/c1-6-8(10(12)7(2)16)4-3-5-9(6)17-11(13,14)15/h3-5,10H,1-2H3. The second kappa shape index (κ2) is 4.96. The zero-order valence-electron chi connectivity index (χ0n) is 9.14. The molecule has 0 fully saturated rings. The van der Waals surface area contributed by atoms with Crippen LogP contribution in [0.25, 0.3) is 0 Å². The topological polar surface area (TPSA) is 26.3 Å². The van der Waals surface area contributed by atoms with E-state index in [1.165, 1.54) is 32.0 Å². The number of carbonyl (C=O) groups is 1. The van der Waals surface area contributed by atoms with Gasteiger partial charge in [-0.2, -0.15) is 0 Å². The summed E-state index contributed by atoms with van der Waals surface area (Å²) in [6.45, 7) is 2.70. The fourth-order valence-corrected chi connectivity index (χ4v) is 1.60. The van der Waals surface area contributed by atoms with Crippen molar-refractivity contribution >= 4 is 17.4 Å². The van der Waals surface area contributed by atoms with E-state index in [1.807, 2.05) is 0 Å². The van der Waals surface area contributed by atoms with Gasteiger partial charge in [0.2, 0.25) is 0 Å². The summed E-state index contributed by atoms with van der Waals surface area (Å²) >= 11 is 5.80. The van der Waals surface area contributed by atoms with Crippen molar-refractivity contribution in [2.75, 3.05) is 0 Å². The van der Waals surface area contributed by atoms with Gasteiger partial charge in [0.25, 0.3) is 0 Å². The number of Topliss-reactive ketones (excluding diaryl/α,β-unsaturated/α-hetero) is 1. The highest BCUT2D eigenvalue weighted by Crippen LogP contribution is 2.33. The molecule has 0 spiro atoms. The summed E-state index contributed by atoms with van der Waals surface area (Å²) < 4.78 is 40.1. The van der Waals surface area contributed by atoms with Gasteiger partial charge in [0.15, 0.2) is 5.78 Å². The Bertz CT molecular complexity index is 429. The second-order valence-electron chi connectivity index (χ2n) is 3.49. The van der Waals surface area contributed by atoms with Gasteiger partial charge < -0.3 is 4.74 Å². The fraction of sp³-hybridized carbons (Fsp3) is 0.364. The Balaban J connectivity index is 3.12. The molecule has 17 heavy (non-hydrogen) atoms. The highest BCUT2D eigenvalue weighted by molar-refractivity contribution is 6.30. The van der Waals surface area contributed by atoms with Gasteiger partial charge in [0.05, 0.1) is 0 Å². The van der Waals surface area contributed by atoms with Crippen molar-refractivity contribution in [3.05, 3.63) is 29.3 Å². The van der Waals surface area contributed by atoms with Crippen LogP contribution in [0.4, 0.5) is 13.2 Å². The molecule has 1 rings (SSSR count). The van der Waals surface area contributed by atoms with Gasteiger partial charge in [-0.05, 0) is 31.0 Å². The SMILES string of the molecule is CC(=O)C(Cl)c1cccc(OC(F)(F)F)c1C. The molecule has 0 aliphatic heterocycles. The molecule has 1 atom stereocenters. The molecule has 0 radical (unpaired) electrons. The molecule has 0 aromatic heterocycles. The molecular formula is C11H10ClF3O2. The first kappa shape index (κ1) is 13.8. The maximum Gasteiger partial charge on any atom is 0.573 e. The van der Waals surface area contributed by atoms with Crippen LogP contribution in [0.2, 0.25) is 0 Å². The number of rotatable bonds is 3. The predicted octanol–water partition coefficient (Wildman–Crippen LogP) is 3.76. The maximum absolute atomic E-state index is 12.1. The first-order chi connectivity index (χ1) is 7.72. The zero-order valence-corrected chi connectivity index (χ0v) is 9.89. The second-order valence-corrected chi connectivity index (χ2v) is 3.93. The van der Waals surface area contributed by atoms with Crippen LogP contribution in [-0.2, 0) is 4.79 Å². The number of ketones is 1. The molecule has 1 unspecified atom stereocenters. The third-order valence-corrected chi connectivity index (χ3v) is 2.72. The molecule has 0 N–H and O–H groups in total. The maximum atomic E-state index is 12.1. The van der Waals surface area contributed by atoms with Gasteiger partial charge in [-0.15, -0.1) is 24.8 Å². The van der Waals surface area contributed by atoms with E-state index in [1.54, 1.807) is 0 Å². The van der Waals surface area contributed by atoms with Crippen molar-refractivity contribution in [1.82, 2.24) is 0 Å². The summed E-state index contributed by atoms with van der Waals surface area (Å²) in [6.07, 6.45) is -4.76. The lowest BCUT2D eigenvalue weighted by Crippen LogP contribution is -2.18. The molecule has 6 heteroatoms. The van der Waals surface area contributed by atoms with Crippen molar-refractivity contribution in [3.63, 3.8) is 0 Å². The molecule has 1 aromatic rings. The summed E-state index contributed by atoms with van der Waals surface area (Å²) in [6, 6.07) is 4.04. The summed E-state index contributed by atoms with van der Waals surface area (Å²) in [5, 5.41) is -0.966. The van der Waals surface area contributed by atoms with Crippen LogP contribution < -0.4 is 4.74 Å². The van der Waals surface area contributed by atoms with Gasteiger partial charge in [-0.25, -0.2) is 0 Å². The zero-order chi connectivity index (χ0) is 13.2. The Kier molecular flexibility index (Phi) is 4.03. The number of ether oxygens (including phenoxy) is 1. The van der Waals surface area contributed by atoms with E-state index in [2.05, 4.69) is 4.74 Å². The predicted molar refractivity (Wildman–Crippen MR) is 57.1 cm³/mol. The van der Waals surface area contributed by atoms with Crippen LogP contribution in [-0.4, -0.2) is 12.1 Å². The quantitative estimate of drug-likeness (QED) is 0.779. The van der Waals surface area contributed by atoms with Crippen molar-refractivity contribution in [3.8, 4) is 5.75 Å². The van der Waals surface area contributed by atoms with E-state index in [0.29, 0.717) is 5.56 Å². The van der Waals surface area contributed by atoms with E-state index < -0.39 is 11.7 Å². The van der Waals surface area contributed by atoms with Crippen LogP contribution in [0.3, 0.4) is 0 Å². The van der Waals surface area contributed by atoms with Crippen molar-refractivity contribution in [2.24, 2.45) is 0 Å². The number of halogens is 4. The molecule has 0 aliphatic carbocycles. The Morgan fingerprint density at radius 3 is 2.47 bits per heavy atom. The van der Waals surface area contributed by atoms with Gasteiger partial charge in [-0.1, -0.05) is 12.1 Å². The molecule has 0 aliphatic rings. The normalized spacial score (nSPS) is 13.3. The van der Waals surface area contributed by atoms with Gasteiger partial charge in [0.1, 0.15) is 11.1 Å². The van der Waals surface area contributed by atoms with Crippen molar-refractivity contribution in [2.45, 2.75) is 25.6 Å². The summed E-state index contributed by atoms with van der Waals surface area (Å²) in [4.78, 5) is 11.1. The minimum Gasteiger partial charge on any atom is -0.406 e. The minimum atomic E-state index is -4.76. The molecular weight excluding hydrogens is 257 g/mol. The van der Waals surface area contributed by atoms with Gasteiger partial charge in [0, 0.05) is 0 Å². The first-order valence-corrected chi connectivity index (χ1v) is 5.16. The van der Waals surface area contributed by atoms with E-state index in [9.17, 15) is 18.0 Å². The molecule has 0 bridgehead atoms. The Labute approximate surface area is 101 Å². The molecule has 0 amide bonds. The molecule has 0 saturated carbocycles. The van der Waals surface area contributed by atoms with Crippen LogP contribution in [0.1, 0.15) is 23.4 Å². The molecule has 94 valence electrons. The average Bonchev–Trinajstić information content (AvgIpc) is 2.18. The summed E-state index contributed by atoms with van der Waals surface area (Å²) in [7, 11) is 0. The number of alkyl halides is 4. The highest BCUT2D eigenvalue weighted by atomic mass is 35.5. The van der Waals surface area contributed by atoms with Crippen LogP contribution in [0.5, 0.6) is 5.75 Å². The van der Waals surface area contributed by atoms with E-state index in [4.69, 9.17) is 11.6 Å². The molecule has 0 saturated heterocycles. The monoisotopic (exact) mass is 266 g/mol. The molecule has 0 heterocycles. The Morgan fingerprint density at radius 2 is 2.00 bits per heavy atom. The van der Waals surface area contributed by atoms with Gasteiger partial charge >= 0.3 is 6.36 Å². The summed E-state index contributed by atoms with van der Waals surface area (Å²) in [5.74, 6) is -0.680. The van der Waals surface area contributed by atoms with E-state index in [0.717, 1.165) is 0 Å². The average molecular weight is 267 g/mol. The number of hydrogen-bond donors (Lipinski definition) is 0. The number of carbonyl (C=O) groups excluding carboxylic acids is 1. The molecule has 2 nitrogen and oxygen atoms in total. The fourth-order valence-electron chi connectivity index (χ4n) is 1.36. The minimum absolute atomic E-state index is 0.208. The molecule has 1 aromatic carbocycles. The third kappa shape index (κ3) is 3.63. The smallest absolute Gasteiger partial charge is 0.406 e. The number of benzene rings is 1. The lowest BCUT2D eigenvalue weighted by molar-refractivity contribution is -0.274. The van der Waals surface area contributed by atoms with E-state index in [-0.39, 0.29) is 17.1 Å². The largest absolute Gasteiger partial charge is 0.573 e. The van der Waals surface area contributed by atoms with Crippen molar-refractivity contribution < 1.29 is 22.7 Å². The van der Waals surface area contributed by atoms with E-state index >= 15 is 0 Å². The van der Waals surface area contributed by atoms with Crippen molar-refractivity contribution in [1.29, 1.82) is 0 Å². The lowest BCUT2D eigenvalue weighted by Gasteiger charge is -2.15. The lowest BCUT2D eigenvalue weighted by atomic mass is 10.0. The van der Waals surface area contributed by atoms with Crippen LogP contribution in [0, 0.1) is 6.92 Å². The number of hydrogen-bond acceptors (Lipinski definition) is 2. The van der Waals surface area contributed by atoms with Crippen LogP contribution >= 0.6 is 11.6 Å². The van der Waals surface area contributed by atoms with Gasteiger partial charge in [-0.3, -0.25) is 4.79 Å². The third-order valence-electron chi connectivity index (χ3n) is 2.18.